The first-order chi connectivity index (χ1) is 7.58. The summed E-state index contributed by atoms with van der Waals surface area (Å²) in [6.07, 6.45) is 0. The smallest absolute Gasteiger partial charge is 0.311 e. The summed E-state index contributed by atoms with van der Waals surface area (Å²) in [5.74, 6) is 0. The number of benzene rings is 1. The molecule has 0 bridgehead atoms. The number of hydrogen-bond donors (Lipinski definition) is 1. The Morgan fingerprint density at radius 1 is 1.06 bits per heavy atom. The van der Waals surface area contributed by atoms with E-state index >= 15 is 0 Å². The molecule has 0 saturated heterocycles. The number of hydrogen-bond acceptors (Lipinski definition) is 2. The van der Waals surface area contributed by atoms with Gasteiger partial charge in [0.1, 0.15) is 0 Å². The molecular weight excluding hydrogens is 204 g/mol. The average Bonchev–Trinajstić information content (AvgIpc) is 2.19. The highest BCUT2D eigenvalue weighted by molar-refractivity contribution is 5.34. The minimum absolute atomic E-state index is 0.315. The fourth-order valence-electron chi connectivity index (χ4n) is 1.55. The molecular formula is C12H12N2O2. The van der Waals surface area contributed by atoms with E-state index in [-0.39, 0.29) is 5.56 Å². The monoisotopic (exact) mass is 216 g/mol. The van der Waals surface area contributed by atoms with Gasteiger partial charge < -0.3 is 4.98 Å². The Bertz CT molecular complexity index is 589. The summed E-state index contributed by atoms with van der Waals surface area (Å²) >= 11 is 0. The lowest BCUT2D eigenvalue weighted by molar-refractivity contribution is 0.857. The molecule has 0 unspecified atom stereocenters. The van der Waals surface area contributed by atoms with Crippen LogP contribution in [0.2, 0.25) is 0 Å². The van der Waals surface area contributed by atoms with Gasteiger partial charge in [-0.25, -0.2) is 9.36 Å². The normalized spacial score (nSPS) is 10.4. The highest BCUT2D eigenvalue weighted by Gasteiger charge is 2.04. The van der Waals surface area contributed by atoms with Gasteiger partial charge in [0, 0.05) is 11.8 Å². The Labute approximate surface area is 92.2 Å². The Morgan fingerprint density at radius 3 is 2.25 bits per heavy atom. The van der Waals surface area contributed by atoms with Gasteiger partial charge in [-0.2, -0.15) is 0 Å². The van der Waals surface area contributed by atoms with Crippen LogP contribution in [0.5, 0.6) is 0 Å². The lowest BCUT2D eigenvalue weighted by Crippen LogP contribution is -2.33. The van der Waals surface area contributed by atoms with E-state index in [1.165, 1.54) is 6.07 Å². The molecule has 16 heavy (non-hydrogen) atoms. The van der Waals surface area contributed by atoms with E-state index in [9.17, 15) is 9.59 Å². The van der Waals surface area contributed by atoms with Crippen LogP contribution in [0.1, 0.15) is 11.3 Å². The zero-order chi connectivity index (χ0) is 11.7. The standard InChI is InChI=1S/C12H12N2O2/c1-8-3-5-10(6-4-8)14-11(15)7-9(2)13-12(14)16/h3-7H,1-2H3,(H,13,16). The van der Waals surface area contributed by atoms with Crippen LogP contribution in [-0.2, 0) is 0 Å². The Kier molecular flexibility index (Phi) is 2.48. The van der Waals surface area contributed by atoms with Crippen molar-refractivity contribution in [1.29, 1.82) is 0 Å². The van der Waals surface area contributed by atoms with Crippen LogP contribution in [0.25, 0.3) is 5.69 Å². The summed E-state index contributed by atoms with van der Waals surface area (Å²) in [6, 6.07) is 8.63. The van der Waals surface area contributed by atoms with Gasteiger partial charge in [0.25, 0.3) is 5.56 Å². The van der Waals surface area contributed by atoms with Crippen LogP contribution in [-0.4, -0.2) is 9.55 Å². The zero-order valence-corrected chi connectivity index (χ0v) is 9.15. The number of rotatable bonds is 1. The average molecular weight is 216 g/mol. The van der Waals surface area contributed by atoms with Crippen LogP contribution < -0.4 is 11.2 Å². The minimum atomic E-state index is -0.408. The summed E-state index contributed by atoms with van der Waals surface area (Å²) in [7, 11) is 0. The maximum atomic E-state index is 11.7. The third kappa shape index (κ3) is 1.82. The van der Waals surface area contributed by atoms with E-state index in [0.717, 1.165) is 10.1 Å². The van der Waals surface area contributed by atoms with Gasteiger partial charge in [0.15, 0.2) is 0 Å². The maximum absolute atomic E-state index is 11.7. The number of aromatic nitrogens is 2. The molecule has 0 aliphatic carbocycles. The summed E-state index contributed by atoms with van der Waals surface area (Å²) in [6.45, 7) is 3.63. The molecule has 0 spiro atoms. The Morgan fingerprint density at radius 2 is 1.69 bits per heavy atom. The van der Waals surface area contributed by atoms with E-state index < -0.39 is 5.69 Å². The largest absolute Gasteiger partial charge is 0.333 e. The molecule has 0 amide bonds. The lowest BCUT2D eigenvalue weighted by atomic mass is 10.2. The molecule has 1 aromatic carbocycles. The summed E-state index contributed by atoms with van der Waals surface area (Å²) in [5, 5.41) is 0. The lowest BCUT2D eigenvalue weighted by Gasteiger charge is -2.04. The van der Waals surface area contributed by atoms with Crippen LogP contribution in [0, 0.1) is 13.8 Å². The van der Waals surface area contributed by atoms with E-state index in [1.807, 2.05) is 19.1 Å². The summed E-state index contributed by atoms with van der Waals surface area (Å²) < 4.78 is 1.12. The van der Waals surface area contributed by atoms with Crippen LogP contribution in [0.3, 0.4) is 0 Å². The molecule has 1 N–H and O–H groups in total. The highest BCUT2D eigenvalue weighted by atomic mass is 16.2. The minimum Gasteiger partial charge on any atom is -0.311 e. The zero-order valence-electron chi connectivity index (χ0n) is 9.15. The molecule has 0 aliphatic heterocycles. The highest BCUT2D eigenvalue weighted by Crippen LogP contribution is 2.04. The molecule has 82 valence electrons. The number of aromatic amines is 1. The molecule has 0 aliphatic rings. The molecule has 2 rings (SSSR count). The van der Waals surface area contributed by atoms with Crippen molar-refractivity contribution in [2.45, 2.75) is 13.8 Å². The van der Waals surface area contributed by atoms with Gasteiger partial charge in [0.05, 0.1) is 5.69 Å². The van der Waals surface area contributed by atoms with Gasteiger partial charge in [-0.05, 0) is 26.0 Å². The number of nitrogens with one attached hydrogen (secondary N) is 1. The van der Waals surface area contributed by atoms with E-state index in [1.54, 1.807) is 19.1 Å². The summed E-state index contributed by atoms with van der Waals surface area (Å²) in [5.41, 5.74) is 1.51. The first-order valence-electron chi connectivity index (χ1n) is 4.98. The Balaban J connectivity index is 2.70. The molecule has 1 aromatic heterocycles. The first kappa shape index (κ1) is 10.4. The van der Waals surface area contributed by atoms with Crippen molar-refractivity contribution in [3.63, 3.8) is 0 Å². The van der Waals surface area contributed by atoms with Gasteiger partial charge in [-0.3, -0.25) is 4.79 Å². The number of H-pyrrole nitrogens is 1. The summed E-state index contributed by atoms with van der Waals surface area (Å²) in [4.78, 5) is 25.9. The van der Waals surface area contributed by atoms with Crippen molar-refractivity contribution < 1.29 is 0 Å². The molecule has 0 saturated carbocycles. The predicted octanol–water partition coefficient (Wildman–Crippen LogP) is 1.14. The van der Waals surface area contributed by atoms with Gasteiger partial charge in [-0.15, -0.1) is 0 Å². The second kappa shape index (κ2) is 3.81. The fraction of sp³-hybridized carbons (Fsp3) is 0.167. The van der Waals surface area contributed by atoms with Gasteiger partial charge in [0.2, 0.25) is 0 Å². The molecule has 1 heterocycles. The molecule has 4 heteroatoms. The number of aryl methyl sites for hydroxylation is 2. The van der Waals surface area contributed by atoms with E-state index in [4.69, 9.17) is 0 Å². The first-order valence-corrected chi connectivity index (χ1v) is 4.98. The second-order valence-corrected chi connectivity index (χ2v) is 3.77. The third-order valence-corrected chi connectivity index (χ3v) is 2.36. The number of nitrogens with zero attached hydrogens (tertiary/aromatic N) is 1. The van der Waals surface area contributed by atoms with Crippen molar-refractivity contribution in [3.05, 3.63) is 62.4 Å². The second-order valence-electron chi connectivity index (χ2n) is 3.77. The van der Waals surface area contributed by atoms with Crippen molar-refractivity contribution in [2.24, 2.45) is 0 Å². The van der Waals surface area contributed by atoms with Crippen molar-refractivity contribution in [3.8, 4) is 5.69 Å². The molecule has 0 radical (unpaired) electrons. The molecule has 0 fully saturated rings. The third-order valence-electron chi connectivity index (χ3n) is 2.36. The Hall–Kier alpha value is -2.10. The van der Waals surface area contributed by atoms with Crippen LogP contribution >= 0.6 is 0 Å². The van der Waals surface area contributed by atoms with E-state index in [2.05, 4.69) is 4.98 Å². The van der Waals surface area contributed by atoms with Crippen molar-refractivity contribution >= 4 is 0 Å². The predicted molar refractivity (Wildman–Crippen MR) is 62.1 cm³/mol. The molecule has 2 aromatic rings. The van der Waals surface area contributed by atoms with Crippen LogP contribution in [0.4, 0.5) is 0 Å². The van der Waals surface area contributed by atoms with Crippen LogP contribution in [0.15, 0.2) is 39.9 Å². The SMILES string of the molecule is Cc1ccc(-n2c(=O)cc(C)[nH]c2=O)cc1. The maximum Gasteiger partial charge on any atom is 0.333 e. The fourth-order valence-corrected chi connectivity index (χ4v) is 1.55. The van der Waals surface area contributed by atoms with Crippen molar-refractivity contribution in [1.82, 2.24) is 9.55 Å². The van der Waals surface area contributed by atoms with Gasteiger partial charge >= 0.3 is 5.69 Å². The quantitative estimate of drug-likeness (QED) is 0.777. The van der Waals surface area contributed by atoms with Gasteiger partial charge in [-0.1, -0.05) is 17.7 Å². The topological polar surface area (TPSA) is 54.9 Å². The molecule has 4 nitrogen and oxygen atoms in total. The van der Waals surface area contributed by atoms with Crippen molar-refractivity contribution in [2.75, 3.05) is 0 Å². The molecule has 0 atom stereocenters. The van der Waals surface area contributed by atoms with E-state index in [0.29, 0.717) is 11.4 Å².